The van der Waals surface area contributed by atoms with Gasteiger partial charge in [-0.05, 0) is 31.9 Å². The number of methoxy groups -OCH3 is 1. The molecule has 1 heterocycles. The number of carbonyl (C=O) groups excluding carboxylic acids is 2. The molecule has 4 nitrogen and oxygen atoms in total. The highest BCUT2D eigenvalue weighted by molar-refractivity contribution is 8.00. The minimum atomic E-state index is -0.159. The molecule has 1 amide bonds. The fourth-order valence-electron chi connectivity index (χ4n) is 2.51. The highest BCUT2D eigenvalue weighted by Crippen LogP contribution is 2.26. The van der Waals surface area contributed by atoms with Gasteiger partial charge in [0.1, 0.15) is 0 Å². The number of ether oxygens (including phenoxy) is 1. The number of nitrogens with zero attached hydrogens (tertiary/aromatic N) is 1. The number of carbonyl (C=O) groups is 2. The molecule has 0 bridgehead atoms. The Labute approximate surface area is 129 Å². The first-order valence-corrected chi connectivity index (χ1v) is 8.08. The van der Waals surface area contributed by atoms with Crippen molar-refractivity contribution in [2.75, 3.05) is 20.2 Å². The third-order valence-corrected chi connectivity index (χ3v) is 4.84. The van der Waals surface area contributed by atoms with Gasteiger partial charge in [-0.2, -0.15) is 0 Å². The fourth-order valence-corrected chi connectivity index (χ4v) is 3.49. The Hall–Kier alpha value is -1.49. The molecule has 0 unspecified atom stereocenters. The number of esters is 1. The van der Waals surface area contributed by atoms with E-state index in [1.54, 1.807) is 11.8 Å². The van der Waals surface area contributed by atoms with E-state index in [-0.39, 0.29) is 23.0 Å². The SMILES string of the molecule is COC(=O)C1CCN(C(=O)[C@@H](C)Sc2ccccc2)CC1. The fraction of sp³-hybridized carbons (Fsp3) is 0.500. The van der Waals surface area contributed by atoms with Crippen LogP contribution in [-0.2, 0) is 14.3 Å². The largest absolute Gasteiger partial charge is 0.469 e. The number of likely N-dealkylation sites (tertiary alicyclic amines) is 1. The Morgan fingerprint density at radius 3 is 2.43 bits per heavy atom. The zero-order chi connectivity index (χ0) is 15.2. The van der Waals surface area contributed by atoms with E-state index in [0.29, 0.717) is 25.9 Å². The van der Waals surface area contributed by atoms with Crippen LogP contribution in [0.15, 0.2) is 35.2 Å². The Bertz CT molecular complexity index is 484. The van der Waals surface area contributed by atoms with E-state index in [9.17, 15) is 9.59 Å². The van der Waals surface area contributed by atoms with E-state index in [4.69, 9.17) is 4.74 Å². The normalized spacial score (nSPS) is 17.3. The van der Waals surface area contributed by atoms with Gasteiger partial charge in [0.2, 0.25) is 5.91 Å². The Morgan fingerprint density at radius 1 is 1.24 bits per heavy atom. The van der Waals surface area contributed by atoms with E-state index >= 15 is 0 Å². The predicted molar refractivity (Wildman–Crippen MR) is 83.1 cm³/mol. The number of amides is 1. The molecular weight excluding hydrogens is 286 g/mol. The van der Waals surface area contributed by atoms with Gasteiger partial charge < -0.3 is 9.64 Å². The first-order chi connectivity index (χ1) is 10.1. The zero-order valence-corrected chi connectivity index (χ0v) is 13.3. The summed E-state index contributed by atoms with van der Waals surface area (Å²) in [4.78, 5) is 26.9. The highest BCUT2D eigenvalue weighted by atomic mass is 32.2. The second-order valence-corrected chi connectivity index (χ2v) is 6.61. The molecule has 1 aliphatic heterocycles. The minimum absolute atomic E-state index is 0.0591. The van der Waals surface area contributed by atoms with Crippen molar-refractivity contribution in [1.29, 1.82) is 0 Å². The smallest absolute Gasteiger partial charge is 0.308 e. The average molecular weight is 307 g/mol. The van der Waals surface area contributed by atoms with Crippen molar-refractivity contribution in [3.05, 3.63) is 30.3 Å². The summed E-state index contributed by atoms with van der Waals surface area (Å²) in [5.74, 6) is -0.0721. The maximum absolute atomic E-state index is 12.4. The van der Waals surface area contributed by atoms with Crippen molar-refractivity contribution in [2.45, 2.75) is 29.9 Å². The first kappa shape index (κ1) is 15.9. The molecule has 0 aliphatic carbocycles. The van der Waals surface area contributed by atoms with Crippen LogP contribution in [-0.4, -0.2) is 42.2 Å². The van der Waals surface area contributed by atoms with Gasteiger partial charge in [-0.25, -0.2) is 0 Å². The second kappa shape index (κ2) is 7.50. The average Bonchev–Trinajstić information content (AvgIpc) is 2.54. The summed E-state index contributed by atoms with van der Waals surface area (Å²) in [6, 6.07) is 9.94. The van der Waals surface area contributed by atoms with Crippen LogP contribution in [0.3, 0.4) is 0 Å². The summed E-state index contributed by atoms with van der Waals surface area (Å²) in [5.41, 5.74) is 0. The van der Waals surface area contributed by atoms with Gasteiger partial charge in [0.15, 0.2) is 0 Å². The van der Waals surface area contributed by atoms with E-state index in [1.165, 1.54) is 7.11 Å². The van der Waals surface area contributed by atoms with Gasteiger partial charge in [0, 0.05) is 18.0 Å². The lowest BCUT2D eigenvalue weighted by molar-refractivity contribution is -0.148. The summed E-state index contributed by atoms with van der Waals surface area (Å²) in [5, 5.41) is -0.109. The van der Waals surface area contributed by atoms with Crippen LogP contribution in [0.5, 0.6) is 0 Å². The number of thioether (sulfide) groups is 1. The second-order valence-electron chi connectivity index (χ2n) is 5.20. The Balaban J connectivity index is 1.85. The summed E-state index contributed by atoms with van der Waals surface area (Å²) >= 11 is 1.57. The van der Waals surface area contributed by atoms with E-state index in [1.807, 2.05) is 42.2 Å². The van der Waals surface area contributed by atoms with Crippen molar-refractivity contribution in [2.24, 2.45) is 5.92 Å². The molecule has 0 saturated carbocycles. The molecular formula is C16H21NO3S. The van der Waals surface area contributed by atoms with Gasteiger partial charge in [-0.15, -0.1) is 11.8 Å². The predicted octanol–water partition coefficient (Wildman–Crippen LogP) is 2.58. The van der Waals surface area contributed by atoms with E-state index in [0.717, 1.165) is 4.90 Å². The lowest BCUT2D eigenvalue weighted by atomic mass is 9.97. The highest BCUT2D eigenvalue weighted by Gasteiger charge is 2.29. The van der Waals surface area contributed by atoms with Crippen molar-refractivity contribution in [3.63, 3.8) is 0 Å². The van der Waals surface area contributed by atoms with Crippen molar-refractivity contribution in [1.82, 2.24) is 4.90 Å². The lowest BCUT2D eigenvalue weighted by Crippen LogP contribution is -2.43. The molecule has 0 aromatic heterocycles. The number of benzene rings is 1. The molecule has 1 atom stereocenters. The lowest BCUT2D eigenvalue weighted by Gasteiger charge is -2.32. The zero-order valence-electron chi connectivity index (χ0n) is 12.5. The molecule has 0 N–H and O–H groups in total. The topological polar surface area (TPSA) is 46.6 Å². The van der Waals surface area contributed by atoms with Gasteiger partial charge in [0.25, 0.3) is 0 Å². The Kier molecular flexibility index (Phi) is 5.67. The van der Waals surface area contributed by atoms with Crippen LogP contribution in [0.1, 0.15) is 19.8 Å². The van der Waals surface area contributed by atoms with Crippen molar-refractivity contribution < 1.29 is 14.3 Å². The summed E-state index contributed by atoms with van der Waals surface area (Å²) in [6.45, 7) is 3.21. The molecule has 1 aromatic rings. The van der Waals surface area contributed by atoms with Crippen LogP contribution in [0, 0.1) is 5.92 Å². The summed E-state index contributed by atoms with van der Waals surface area (Å²) in [7, 11) is 1.42. The van der Waals surface area contributed by atoms with Crippen LogP contribution in [0.4, 0.5) is 0 Å². The van der Waals surface area contributed by atoms with Crippen LogP contribution in [0.25, 0.3) is 0 Å². The van der Waals surface area contributed by atoms with Gasteiger partial charge >= 0.3 is 5.97 Å². The van der Waals surface area contributed by atoms with Gasteiger partial charge in [0.05, 0.1) is 18.3 Å². The van der Waals surface area contributed by atoms with Crippen molar-refractivity contribution >= 4 is 23.6 Å². The Morgan fingerprint density at radius 2 is 1.86 bits per heavy atom. The van der Waals surface area contributed by atoms with Gasteiger partial charge in [-0.3, -0.25) is 9.59 Å². The maximum atomic E-state index is 12.4. The molecule has 0 spiro atoms. The van der Waals surface area contributed by atoms with Crippen LogP contribution in [0.2, 0.25) is 0 Å². The molecule has 2 rings (SSSR count). The molecule has 1 saturated heterocycles. The number of rotatable bonds is 4. The van der Waals surface area contributed by atoms with E-state index in [2.05, 4.69) is 0 Å². The molecule has 1 aromatic carbocycles. The third kappa shape index (κ3) is 4.24. The number of hydrogen-bond donors (Lipinski definition) is 0. The first-order valence-electron chi connectivity index (χ1n) is 7.20. The number of piperidine rings is 1. The maximum Gasteiger partial charge on any atom is 0.308 e. The number of hydrogen-bond acceptors (Lipinski definition) is 4. The standard InChI is InChI=1S/C16H21NO3S/c1-12(21-14-6-4-3-5-7-14)15(18)17-10-8-13(9-11-17)16(19)20-2/h3-7,12-13H,8-11H2,1-2H3/t12-/m1/s1. The monoisotopic (exact) mass is 307 g/mol. The minimum Gasteiger partial charge on any atom is -0.469 e. The molecule has 1 aliphatic rings. The quantitative estimate of drug-likeness (QED) is 0.633. The summed E-state index contributed by atoms with van der Waals surface area (Å²) < 4.78 is 4.77. The van der Waals surface area contributed by atoms with Crippen LogP contribution < -0.4 is 0 Å². The van der Waals surface area contributed by atoms with Gasteiger partial charge in [-0.1, -0.05) is 18.2 Å². The molecule has 0 radical (unpaired) electrons. The molecule has 114 valence electrons. The van der Waals surface area contributed by atoms with E-state index < -0.39 is 0 Å². The molecule has 5 heteroatoms. The van der Waals surface area contributed by atoms with Crippen LogP contribution >= 0.6 is 11.8 Å². The summed E-state index contributed by atoms with van der Waals surface area (Å²) in [6.07, 6.45) is 1.39. The molecule has 21 heavy (non-hydrogen) atoms. The third-order valence-electron chi connectivity index (χ3n) is 3.74. The van der Waals surface area contributed by atoms with Crippen molar-refractivity contribution in [3.8, 4) is 0 Å². The molecule has 1 fully saturated rings.